The molecule has 2 aromatic heterocycles. The average molecular weight is 685 g/mol. The van der Waals surface area contributed by atoms with Gasteiger partial charge in [-0.25, -0.2) is 0 Å². The molecule has 0 bridgehead atoms. The molecule has 0 radical (unpaired) electrons. The molecule has 44 heavy (non-hydrogen) atoms. The van der Waals surface area contributed by atoms with Crippen molar-refractivity contribution in [2.75, 3.05) is 6.61 Å². The van der Waals surface area contributed by atoms with E-state index in [1.807, 2.05) is 6.08 Å². The monoisotopic (exact) mass is 684 g/mol. The number of nitrogens with zero attached hydrogens (tertiary/aromatic N) is 4. The zero-order valence-corrected chi connectivity index (χ0v) is 35.8. The van der Waals surface area contributed by atoms with Crippen LogP contribution in [-0.4, -0.2) is 62.1 Å². The van der Waals surface area contributed by atoms with Crippen LogP contribution in [0.15, 0.2) is 12.3 Å². The molecule has 0 atom stereocenters. The van der Waals surface area contributed by atoms with Crippen molar-refractivity contribution < 1.29 is 4.74 Å². The molecule has 248 valence electrons. The van der Waals surface area contributed by atoms with E-state index in [0.717, 1.165) is 50.4 Å². The van der Waals surface area contributed by atoms with Gasteiger partial charge in [-0.1, -0.05) is 159 Å². The maximum absolute atomic E-state index is 4.93. The molecule has 3 heterocycles. The summed E-state index contributed by atoms with van der Waals surface area (Å²) in [6.45, 7) is 41.2. The van der Waals surface area contributed by atoms with Gasteiger partial charge in [0.1, 0.15) is 0 Å². The van der Waals surface area contributed by atoms with Gasteiger partial charge < -0.3 is 24.7 Å². The predicted octanol–water partition coefficient (Wildman–Crippen LogP) is 9.96. The Morgan fingerprint density at radius 3 is 1.07 bits per heavy atom. The molecule has 6 heteroatoms. The molecule has 0 fully saturated rings. The number of imidazole rings is 2. The Kier molecular flexibility index (Phi) is 16.3. The number of hydrogen-bond acceptors (Lipinski definition) is 3. The molecule has 5 nitrogen and oxygen atoms in total. The summed E-state index contributed by atoms with van der Waals surface area (Å²) in [6.07, 6.45) is 9.19. The van der Waals surface area contributed by atoms with E-state index in [9.17, 15) is 0 Å². The molecule has 0 saturated carbocycles. The molecule has 1 aliphatic rings. The molecule has 3 rings (SSSR count). The third kappa shape index (κ3) is 11.6. The van der Waals surface area contributed by atoms with Crippen molar-refractivity contribution in [3.63, 3.8) is 0 Å². The van der Waals surface area contributed by atoms with Gasteiger partial charge >= 0.3 is 45.5 Å². The SMILES string of the molecule is C1=COCC1.CCC(C)(C)c1nc(C(C)(C)C)[n-]c1C(C)(C)CC.CCC(C)(C)c1nc(C(C)(C)C)[n-]c1C(C)(C)CC.[Sr+2]. The van der Waals surface area contributed by atoms with E-state index in [1.165, 1.54) is 22.8 Å². The van der Waals surface area contributed by atoms with Crippen LogP contribution < -0.4 is 9.97 Å². The summed E-state index contributed by atoms with van der Waals surface area (Å²) in [5.74, 6) is 1.97. The molecule has 0 aliphatic carbocycles. The molecule has 0 unspecified atom stereocenters. The summed E-state index contributed by atoms with van der Waals surface area (Å²) in [4.78, 5) is 19.7. The topological polar surface area (TPSA) is 63.2 Å². The summed E-state index contributed by atoms with van der Waals surface area (Å²) in [7, 11) is 0. The molecule has 0 spiro atoms. The van der Waals surface area contributed by atoms with E-state index in [0.29, 0.717) is 0 Å². The van der Waals surface area contributed by atoms with Crippen LogP contribution >= 0.6 is 0 Å². The molecule has 0 aromatic carbocycles. The number of aromatic nitrogens is 4. The third-order valence-corrected chi connectivity index (χ3v) is 9.36. The van der Waals surface area contributed by atoms with E-state index in [-0.39, 0.29) is 78.0 Å². The fraction of sp³-hybridized carbons (Fsp3) is 0.789. The fourth-order valence-corrected chi connectivity index (χ4v) is 4.25. The van der Waals surface area contributed by atoms with Crippen LogP contribution in [-0.2, 0) is 37.2 Å². The summed E-state index contributed by atoms with van der Waals surface area (Å²) in [5, 5.41) is 0. The number of ether oxygens (including phenoxy) is 1. The van der Waals surface area contributed by atoms with Gasteiger partial charge in [0.05, 0.1) is 12.9 Å². The van der Waals surface area contributed by atoms with E-state index in [2.05, 4.69) is 125 Å². The second-order valence-electron chi connectivity index (χ2n) is 17.0. The third-order valence-electron chi connectivity index (χ3n) is 9.36. The molecule has 0 saturated heterocycles. The minimum absolute atomic E-state index is 0. The van der Waals surface area contributed by atoms with Gasteiger partial charge in [0.2, 0.25) is 0 Å². The maximum atomic E-state index is 4.93. The van der Waals surface area contributed by atoms with Crippen LogP contribution in [0.25, 0.3) is 0 Å². The van der Waals surface area contributed by atoms with Crippen LogP contribution in [0.4, 0.5) is 0 Å². The van der Waals surface area contributed by atoms with Crippen LogP contribution in [0, 0.1) is 0 Å². The van der Waals surface area contributed by atoms with Crippen molar-refractivity contribution in [3.05, 3.63) is 46.8 Å². The Labute approximate surface area is 310 Å². The molecule has 1 aliphatic heterocycles. The fourth-order valence-electron chi connectivity index (χ4n) is 4.25. The van der Waals surface area contributed by atoms with Crippen molar-refractivity contribution in [2.45, 2.75) is 189 Å². The molecule has 0 N–H and O–H groups in total. The van der Waals surface area contributed by atoms with Gasteiger partial charge in [-0.05, 0) is 64.2 Å². The van der Waals surface area contributed by atoms with Crippen LogP contribution in [0.5, 0.6) is 0 Å². The minimum Gasteiger partial charge on any atom is -0.501 e. The van der Waals surface area contributed by atoms with Crippen LogP contribution in [0.2, 0.25) is 0 Å². The summed E-state index contributed by atoms with van der Waals surface area (Å²) < 4.78 is 4.76. The van der Waals surface area contributed by atoms with E-state index in [1.54, 1.807) is 6.26 Å². The zero-order chi connectivity index (χ0) is 33.7. The van der Waals surface area contributed by atoms with Crippen molar-refractivity contribution in [3.8, 4) is 0 Å². The van der Waals surface area contributed by atoms with Crippen molar-refractivity contribution in [1.82, 2.24) is 19.9 Å². The summed E-state index contributed by atoms with van der Waals surface area (Å²) >= 11 is 0. The second kappa shape index (κ2) is 16.5. The summed E-state index contributed by atoms with van der Waals surface area (Å²) in [6, 6.07) is 0. The Bertz CT molecular complexity index is 1010. The second-order valence-corrected chi connectivity index (χ2v) is 17.0. The Hall–Kier alpha value is -0.559. The quantitative estimate of drug-likeness (QED) is 0.259. The van der Waals surface area contributed by atoms with E-state index >= 15 is 0 Å². The van der Waals surface area contributed by atoms with Crippen molar-refractivity contribution in [2.24, 2.45) is 0 Å². The standard InChI is InChI=1S/2C17H31N2.C4H6O.Sr/c2*1-10-16(6,7)12-13(17(8,9)11-2)19-14(18-12)15(3,4)5;1-2-4-5-3-1;/h2*10-11H2,1-9H3;1,3H,2,4H2;/q2*-1;;+2. The molecular weight excluding hydrogens is 616 g/mol. The van der Waals surface area contributed by atoms with Gasteiger partial charge in [-0.2, -0.15) is 0 Å². The van der Waals surface area contributed by atoms with Gasteiger partial charge in [0.25, 0.3) is 0 Å². The van der Waals surface area contributed by atoms with Gasteiger partial charge in [0.15, 0.2) is 0 Å². The summed E-state index contributed by atoms with van der Waals surface area (Å²) in [5.41, 5.74) is 5.21. The average Bonchev–Trinajstić information content (AvgIpc) is 3.69. The molecule has 0 amide bonds. The normalized spacial score (nSPS) is 14.2. The first-order valence-corrected chi connectivity index (χ1v) is 16.8. The first-order chi connectivity index (χ1) is 19.4. The predicted molar refractivity (Wildman–Crippen MR) is 191 cm³/mol. The Morgan fingerprint density at radius 2 is 0.886 bits per heavy atom. The van der Waals surface area contributed by atoms with Gasteiger partial charge in [-0.3, -0.25) is 0 Å². The Balaban J connectivity index is 0.000000709. The van der Waals surface area contributed by atoms with Crippen LogP contribution in [0.3, 0.4) is 0 Å². The number of rotatable bonds is 8. The molecular formula is C38H68N4OSr. The Morgan fingerprint density at radius 1 is 0.568 bits per heavy atom. The first kappa shape index (κ1) is 43.4. The molecule has 2 aromatic rings. The smallest absolute Gasteiger partial charge is 0.501 e. The maximum Gasteiger partial charge on any atom is 2.00 e. The van der Waals surface area contributed by atoms with E-state index < -0.39 is 0 Å². The van der Waals surface area contributed by atoms with Crippen LogP contribution in [0.1, 0.15) is 191 Å². The van der Waals surface area contributed by atoms with Gasteiger partial charge in [-0.15, -0.1) is 0 Å². The minimum atomic E-state index is 0. The van der Waals surface area contributed by atoms with Crippen molar-refractivity contribution in [1.29, 1.82) is 0 Å². The largest absolute Gasteiger partial charge is 2.00 e. The first-order valence-electron chi connectivity index (χ1n) is 16.8. The zero-order valence-electron chi connectivity index (χ0n) is 32.3. The number of hydrogen-bond donors (Lipinski definition) is 0. The van der Waals surface area contributed by atoms with Crippen molar-refractivity contribution >= 4 is 45.5 Å². The van der Waals surface area contributed by atoms with Gasteiger partial charge in [0, 0.05) is 6.42 Å². The van der Waals surface area contributed by atoms with E-state index in [4.69, 9.17) is 24.7 Å².